The Labute approximate surface area is 136 Å². The summed E-state index contributed by atoms with van der Waals surface area (Å²) in [6.45, 7) is 0.975. The highest BCUT2D eigenvalue weighted by Gasteiger charge is 2.42. The predicted octanol–water partition coefficient (Wildman–Crippen LogP) is -1.04. The number of nitrogens with one attached hydrogen (secondary N) is 2. The molecule has 24 heavy (non-hydrogen) atoms. The van der Waals surface area contributed by atoms with E-state index in [0.717, 1.165) is 11.0 Å². The first-order valence-electron chi connectivity index (χ1n) is 7.30. The first-order chi connectivity index (χ1) is 11.5. The Morgan fingerprint density at radius 2 is 2.17 bits per heavy atom. The van der Waals surface area contributed by atoms with E-state index in [0.29, 0.717) is 0 Å². The van der Waals surface area contributed by atoms with Gasteiger partial charge in [-0.05, 0) is 12.0 Å². The molecule has 0 aromatic heterocycles. The van der Waals surface area contributed by atoms with Gasteiger partial charge >= 0.3 is 0 Å². The first kappa shape index (κ1) is 17.4. The first-order valence-corrected chi connectivity index (χ1v) is 7.30. The van der Waals surface area contributed by atoms with Gasteiger partial charge in [0.15, 0.2) is 0 Å². The van der Waals surface area contributed by atoms with E-state index < -0.39 is 29.7 Å². The Hall–Kier alpha value is -2.91. The van der Waals surface area contributed by atoms with Crippen LogP contribution in [0.1, 0.15) is 12.8 Å². The second kappa shape index (κ2) is 8.09. The third-order valence-corrected chi connectivity index (χ3v) is 3.44. The van der Waals surface area contributed by atoms with Crippen molar-refractivity contribution in [3.05, 3.63) is 22.2 Å². The number of rotatable bonds is 8. The Kier molecular flexibility index (Phi) is 5.88. The number of imide groups is 2. The van der Waals surface area contributed by atoms with E-state index in [9.17, 15) is 19.2 Å². The van der Waals surface area contributed by atoms with E-state index in [2.05, 4.69) is 20.7 Å². The maximum absolute atomic E-state index is 12.3. The van der Waals surface area contributed by atoms with Gasteiger partial charge < -0.3 is 10.1 Å². The number of carbonyl (C=O) groups excluding carboxylic acids is 4. The minimum Gasteiger partial charge on any atom is -0.379 e. The summed E-state index contributed by atoms with van der Waals surface area (Å²) in [7, 11) is 0. The summed E-state index contributed by atoms with van der Waals surface area (Å²) in [5.41, 5.74) is 8.17. The van der Waals surface area contributed by atoms with E-state index in [-0.39, 0.29) is 44.8 Å². The van der Waals surface area contributed by atoms with Crippen LogP contribution in [0.2, 0.25) is 0 Å². The lowest BCUT2D eigenvalue weighted by atomic mass is 10.0. The number of carbonyl (C=O) groups is 4. The molecule has 11 nitrogen and oxygen atoms in total. The molecule has 0 aromatic carbocycles. The third-order valence-electron chi connectivity index (χ3n) is 3.44. The van der Waals surface area contributed by atoms with Gasteiger partial charge in [-0.25, -0.2) is 0 Å². The highest BCUT2D eigenvalue weighted by Crippen LogP contribution is 2.19. The molecular formula is C13H16N6O5. The summed E-state index contributed by atoms with van der Waals surface area (Å²) in [5.74, 6) is -2.27. The number of piperidine rings is 1. The quantitative estimate of drug-likeness (QED) is 0.190. The van der Waals surface area contributed by atoms with Crippen LogP contribution in [0.4, 0.5) is 0 Å². The molecule has 0 aromatic rings. The smallest absolute Gasteiger partial charge is 0.277 e. The average molecular weight is 336 g/mol. The average Bonchev–Trinajstić information content (AvgIpc) is 2.81. The summed E-state index contributed by atoms with van der Waals surface area (Å²) in [6.07, 6.45) is 1.31. The number of hydrogen-bond acceptors (Lipinski definition) is 7. The van der Waals surface area contributed by atoms with Crippen molar-refractivity contribution in [1.82, 2.24) is 15.5 Å². The van der Waals surface area contributed by atoms with Crippen LogP contribution in [0.3, 0.4) is 0 Å². The van der Waals surface area contributed by atoms with Crippen molar-refractivity contribution in [2.75, 3.05) is 26.3 Å². The molecule has 0 spiro atoms. The van der Waals surface area contributed by atoms with Crippen LogP contribution in [0.15, 0.2) is 16.9 Å². The van der Waals surface area contributed by atoms with Crippen molar-refractivity contribution in [2.45, 2.75) is 18.9 Å². The molecule has 11 heteroatoms. The molecule has 2 heterocycles. The van der Waals surface area contributed by atoms with Gasteiger partial charge in [-0.1, -0.05) is 5.11 Å². The van der Waals surface area contributed by atoms with Crippen molar-refractivity contribution in [1.29, 1.82) is 0 Å². The topological polar surface area (TPSA) is 154 Å². The van der Waals surface area contributed by atoms with Gasteiger partial charge in [0.2, 0.25) is 11.8 Å². The van der Waals surface area contributed by atoms with Crippen LogP contribution in [-0.2, 0) is 23.9 Å². The van der Waals surface area contributed by atoms with Crippen LogP contribution >= 0.6 is 0 Å². The minimum absolute atomic E-state index is 0.0725. The number of amides is 4. The lowest BCUT2D eigenvalue weighted by Gasteiger charge is -2.28. The predicted molar refractivity (Wildman–Crippen MR) is 78.9 cm³/mol. The Morgan fingerprint density at radius 3 is 2.88 bits per heavy atom. The third kappa shape index (κ3) is 4.09. The molecule has 1 saturated heterocycles. The normalized spacial score (nSPS) is 20.6. The van der Waals surface area contributed by atoms with Gasteiger partial charge in [0, 0.05) is 30.5 Å². The van der Waals surface area contributed by atoms with Crippen LogP contribution < -0.4 is 10.6 Å². The number of azide groups is 1. The Balaban J connectivity index is 1.82. The number of ether oxygens (including phenoxy) is 1. The molecule has 2 aliphatic heterocycles. The summed E-state index contributed by atoms with van der Waals surface area (Å²) >= 11 is 0. The molecular weight excluding hydrogens is 320 g/mol. The maximum Gasteiger partial charge on any atom is 0.277 e. The molecule has 1 fully saturated rings. The van der Waals surface area contributed by atoms with Crippen LogP contribution in [-0.4, -0.2) is 60.9 Å². The minimum atomic E-state index is -0.974. The SMILES string of the molecule is [N-]=[N+]=NCCOCCNC1=CC(=O)N(C2CCC(=O)NC2=O)C1=O. The fourth-order valence-corrected chi connectivity index (χ4v) is 2.34. The van der Waals surface area contributed by atoms with Crippen LogP contribution in [0.25, 0.3) is 10.4 Å². The summed E-state index contributed by atoms with van der Waals surface area (Å²) in [5, 5.41) is 8.18. The lowest BCUT2D eigenvalue weighted by Crippen LogP contribution is -2.54. The second-order valence-electron chi connectivity index (χ2n) is 5.03. The molecule has 128 valence electrons. The fourth-order valence-electron chi connectivity index (χ4n) is 2.34. The molecule has 1 atom stereocenters. The molecule has 2 rings (SSSR count). The summed E-state index contributed by atoms with van der Waals surface area (Å²) in [6, 6.07) is -0.974. The molecule has 0 saturated carbocycles. The zero-order valence-electron chi connectivity index (χ0n) is 12.7. The standard InChI is InChI=1S/C13H16N6O5/c14-18-16-4-6-24-5-3-15-8-7-11(21)19(13(8)23)9-1-2-10(20)17-12(9)22/h7,9,15H,1-6H2,(H,17,20,22). The van der Waals surface area contributed by atoms with Gasteiger partial charge in [0.25, 0.3) is 11.8 Å². The monoisotopic (exact) mass is 336 g/mol. The van der Waals surface area contributed by atoms with Crippen molar-refractivity contribution in [3.63, 3.8) is 0 Å². The zero-order chi connectivity index (χ0) is 17.5. The summed E-state index contributed by atoms with van der Waals surface area (Å²) in [4.78, 5) is 50.6. The van der Waals surface area contributed by atoms with Crippen molar-refractivity contribution < 1.29 is 23.9 Å². The van der Waals surface area contributed by atoms with Crippen LogP contribution in [0.5, 0.6) is 0 Å². The lowest BCUT2D eigenvalue weighted by molar-refractivity contribution is -0.149. The molecule has 4 amide bonds. The maximum atomic E-state index is 12.3. The highest BCUT2D eigenvalue weighted by molar-refractivity contribution is 6.18. The second-order valence-corrected chi connectivity index (χ2v) is 5.03. The van der Waals surface area contributed by atoms with Crippen molar-refractivity contribution in [3.8, 4) is 0 Å². The highest BCUT2D eigenvalue weighted by atomic mass is 16.5. The van der Waals surface area contributed by atoms with Crippen molar-refractivity contribution >= 4 is 23.6 Å². The molecule has 2 N–H and O–H groups in total. The van der Waals surface area contributed by atoms with E-state index in [1.165, 1.54) is 0 Å². The largest absolute Gasteiger partial charge is 0.379 e. The number of nitrogens with zero attached hydrogens (tertiary/aromatic N) is 4. The molecule has 2 aliphatic rings. The van der Waals surface area contributed by atoms with Gasteiger partial charge in [-0.2, -0.15) is 0 Å². The van der Waals surface area contributed by atoms with E-state index >= 15 is 0 Å². The van der Waals surface area contributed by atoms with E-state index in [4.69, 9.17) is 10.3 Å². The number of hydrogen-bond donors (Lipinski definition) is 2. The Morgan fingerprint density at radius 1 is 1.38 bits per heavy atom. The molecule has 1 unspecified atom stereocenters. The van der Waals surface area contributed by atoms with Crippen molar-refractivity contribution in [2.24, 2.45) is 5.11 Å². The van der Waals surface area contributed by atoms with Gasteiger partial charge in [0.1, 0.15) is 11.7 Å². The Bertz CT molecular complexity index is 639. The van der Waals surface area contributed by atoms with E-state index in [1.807, 2.05) is 0 Å². The summed E-state index contributed by atoms with van der Waals surface area (Å²) < 4.78 is 5.16. The van der Waals surface area contributed by atoms with Gasteiger partial charge in [-0.3, -0.25) is 29.4 Å². The molecule has 0 aliphatic carbocycles. The molecule has 0 radical (unpaired) electrons. The fraction of sp³-hybridized carbons (Fsp3) is 0.538. The van der Waals surface area contributed by atoms with Crippen LogP contribution in [0, 0.1) is 0 Å². The zero-order valence-corrected chi connectivity index (χ0v) is 12.7. The molecule has 0 bridgehead atoms. The van der Waals surface area contributed by atoms with Gasteiger partial charge in [0.05, 0.1) is 13.2 Å². The van der Waals surface area contributed by atoms with Gasteiger partial charge in [-0.15, -0.1) is 0 Å². The van der Waals surface area contributed by atoms with E-state index in [1.54, 1.807) is 0 Å².